The summed E-state index contributed by atoms with van der Waals surface area (Å²) in [6.45, 7) is 6.36. The van der Waals surface area contributed by atoms with E-state index in [2.05, 4.69) is 20.8 Å². The molecule has 0 aromatic heterocycles. The van der Waals surface area contributed by atoms with Crippen molar-refractivity contribution in [1.82, 2.24) is 0 Å². The standard InChI is InChI=1S/C12H19N3O2/c1-8(2)9(3)14(4)12-6-5-10(15(16)17)7-11(12)13/h5-9H,13H2,1-4H3. The fraction of sp³-hybridized carbons (Fsp3) is 0.500. The maximum atomic E-state index is 10.6. The molecule has 1 rings (SSSR count). The molecule has 0 aliphatic heterocycles. The number of nitrogens with two attached hydrogens (primary N) is 1. The van der Waals surface area contributed by atoms with Crippen LogP contribution < -0.4 is 10.6 Å². The number of nitrogens with zero attached hydrogens (tertiary/aromatic N) is 2. The summed E-state index contributed by atoms with van der Waals surface area (Å²) in [5, 5.41) is 10.6. The van der Waals surface area contributed by atoms with Crippen molar-refractivity contribution >= 4 is 17.1 Å². The highest BCUT2D eigenvalue weighted by molar-refractivity contribution is 5.70. The summed E-state index contributed by atoms with van der Waals surface area (Å²) in [5.74, 6) is 0.481. The number of benzene rings is 1. The van der Waals surface area contributed by atoms with Crippen LogP contribution in [0.25, 0.3) is 0 Å². The van der Waals surface area contributed by atoms with Crippen LogP contribution >= 0.6 is 0 Å². The Morgan fingerprint density at radius 3 is 2.35 bits per heavy atom. The van der Waals surface area contributed by atoms with Gasteiger partial charge in [0.1, 0.15) is 0 Å². The fourth-order valence-electron chi connectivity index (χ4n) is 1.64. The molecule has 0 aliphatic rings. The molecule has 1 aromatic carbocycles. The average molecular weight is 237 g/mol. The van der Waals surface area contributed by atoms with Crippen molar-refractivity contribution in [2.75, 3.05) is 17.7 Å². The predicted octanol–water partition coefficient (Wildman–Crippen LogP) is 2.66. The SMILES string of the molecule is CC(C)C(C)N(C)c1ccc([N+](=O)[O-])cc1N. The first-order valence-corrected chi connectivity index (χ1v) is 5.61. The van der Waals surface area contributed by atoms with Crippen LogP contribution in [-0.2, 0) is 0 Å². The van der Waals surface area contributed by atoms with Crippen LogP contribution in [-0.4, -0.2) is 18.0 Å². The Kier molecular flexibility index (Phi) is 3.93. The Labute approximate surface area is 101 Å². The van der Waals surface area contributed by atoms with E-state index in [1.54, 1.807) is 6.07 Å². The molecule has 94 valence electrons. The summed E-state index contributed by atoms with van der Waals surface area (Å²) in [4.78, 5) is 12.2. The fourth-order valence-corrected chi connectivity index (χ4v) is 1.64. The highest BCUT2D eigenvalue weighted by atomic mass is 16.6. The van der Waals surface area contributed by atoms with Gasteiger partial charge in [0.15, 0.2) is 0 Å². The molecule has 0 radical (unpaired) electrons. The lowest BCUT2D eigenvalue weighted by atomic mass is 10.0. The lowest BCUT2D eigenvalue weighted by Crippen LogP contribution is -2.33. The van der Waals surface area contributed by atoms with E-state index >= 15 is 0 Å². The van der Waals surface area contributed by atoms with Gasteiger partial charge >= 0.3 is 0 Å². The molecule has 2 N–H and O–H groups in total. The zero-order chi connectivity index (χ0) is 13.2. The van der Waals surface area contributed by atoms with Crippen LogP contribution in [0.4, 0.5) is 17.1 Å². The topological polar surface area (TPSA) is 72.4 Å². The number of anilines is 2. The molecule has 5 heteroatoms. The van der Waals surface area contributed by atoms with Gasteiger partial charge in [0.2, 0.25) is 0 Å². The van der Waals surface area contributed by atoms with Gasteiger partial charge in [-0.3, -0.25) is 10.1 Å². The van der Waals surface area contributed by atoms with E-state index in [0.29, 0.717) is 17.6 Å². The maximum absolute atomic E-state index is 10.6. The van der Waals surface area contributed by atoms with Crippen molar-refractivity contribution in [2.24, 2.45) is 5.92 Å². The van der Waals surface area contributed by atoms with Crippen LogP contribution in [0.2, 0.25) is 0 Å². The van der Waals surface area contributed by atoms with Crippen LogP contribution in [0.5, 0.6) is 0 Å². The normalized spacial score (nSPS) is 12.5. The van der Waals surface area contributed by atoms with Crippen molar-refractivity contribution in [3.63, 3.8) is 0 Å². The van der Waals surface area contributed by atoms with Crippen LogP contribution in [0.15, 0.2) is 18.2 Å². The smallest absolute Gasteiger partial charge is 0.271 e. The zero-order valence-electron chi connectivity index (χ0n) is 10.7. The lowest BCUT2D eigenvalue weighted by molar-refractivity contribution is -0.384. The van der Waals surface area contributed by atoms with E-state index in [1.807, 2.05) is 11.9 Å². The van der Waals surface area contributed by atoms with E-state index in [1.165, 1.54) is 12.1 Å². The molecule has 0 aliphatic carbocycles. The molecule has 0 heterocycles. The van der Waals surface area contributed by atoms with Crippen molar-refractivity contribution in [1.29, 1.82) is 0 Å². The largest absolute Gasteiger partial charge is 0.397 e. The summed E-state index contributed by atoms with van der Waals surface area (Å²) in [5.41, 5.74) is 7.15. The average Bonchev–Trinajstić information content (AvgIpc) is 2.26. The molecule has 0 saturated carbocycles. The van der Waals surface area contributed by atoms with Crippen molar-refractivity contribution in [3.8, 4) is 0 Å². The summed E-state index contributed by atoms with van der Waals surface area (Å²) in [7, 11) is 1.95. The minimum Gasteiger partial charge on any atom is -0.397 e. The predicted molar refractivity (Wildman–Crippen MR) is 70.2 cm³/mol. The van der Waals surface area contributed by atoms with Gasteiger partial charge in [0.05, 0.1) is 16.3 Å². The van der Waals surface area contributed by atoms with Crippen LogP contribution in [0.1, 0.15) is 20.8 Å². The molecule has 1 atom stereocenters. The number of non-ortho nitro benzene ring substituents is 1. The number of hydrogen-bond acceptors (Lipinski definition) is 4. The van der Waals surface area contributed by atoms with Gasteiger partial charge < -0.3 is 10.6 Å². The third-order valence-electron chi connectivity index (χ3n) is 3.18. The molecule has 17 heavy (non-hydrogen) atoms. The Bertz CT molecular complexity index is 418. The molecular formula is C12H19N3O2. The minimum absolute atomic E-state index is 0.0249. The van der Waals surface area contributed by atoms with Crippen molar-refractivity contribution < 1.29 is 4.92 Å². The molecule has 5 nitrogen and oxygen atoms in total. The number of rotatable bonds is 4. The second-order valence-corrected chi connectivity index (χ2v) is 4.60. The molecule has 1 unspecified atom stereocenters. The van der Waals surface area contributed by atoms with E-state index in [-0.39, 0.29) is 5.69 Å². The second-order valence-electron chi connectivity index (χ2n) is 4.60. The Morgan fingerprint density at radius 2 is 1.94 bits per heavy atom. The minimum atomic E-state index is -0.438. The highest BCUT2D eigenvalue weighted by Gasteiger charge is 2.17. The van der Waals surface area contributed by atoms with Gasteiger partial charge in [0, 0.05) is 25.2 Å². The number of hydrogen-bond donors (Lipinski definition) is 1. The molecular weight excluding hydrogens is 218 g/mol. The molecule has 0 fully saturated rings. The quantitative estimate of drug-likeness (QED) is 0.496. The first kappa shape index (κ1) is 13.3. The monoisotopic (exact) mass is 237 g/mol. The first-order valence-electron chi connectivity index (χ1n) is 5.61. The Morgan fingerprint density at radius 1 is 1.35 bits per heavy atom. The maximum Gasteiger partial charge on any atom is 0.271 e. The zero-order valence-corrected chi connectivity index (χ0v) is 10.7. The number of nitrogen functional groups attached to an aromatic ring is 1. The van der Waals surface area contributed by atoms with E-state index in [0.717, 1.165) is 5.69 Å². The second kappa shape index (κ2) is 5.03. The summed E-state index contributed by atoms with van der Waals surface area (Å²) in [6.07, 6.45) is 0. The molecule has 0 saturated heterocycles. The Hall–Kier alpha value is -1.78. The van der Waals surface area contributed by atoms with E-state index < -0.39 is 4.92 Å². The summed E-state index contributed by atoms with van der Waals surface area (Å²) >= 11 is 0. The van der Waals surface area contributed by atoms with Gasteiger partial charge in [-0.25, -0.2) is 0 Å². The molecule has 0 amide bonds. The van der Waals surface area contributed by atoms with Gasteiger partial charge in [-0.2, -0.15) is 0 Å². The van der Waals surface area contributed by atoms with Gasteiger partial charge in [-0.1, -0.05) is 13.8 Å². The molecule has 1 aromatic rings. The molecule has 0 bridgehead atoms. The summed E-state index contributed by atoms with van der Waals surface area (Å²) < 4.78 is 0. The number of nitro groups is 1. The third-order valence-corrected chi connectivity index (χ3v) is 3.18. The lowest BCUT2D eigenvalue weighted by Gasteiger charge is -2.30. The first-order chi connectivity index (χ1) is 7.84. The van der Waals surface area contributed by atoms with Gasteiger partial charge in [0.25, 0.3) is 5.69 Å². The van der Waals surface area contributed by atoms with Crippen LogP contribution in [0.3, 0.4) is 0 Å². The molecule has 0 spiro atoms. The van der Waals surface area contributed by atoms with Crippen molar-refractivity contribution in [2.45, 2.75) is 26.8 Å². The van der Waals surface area contributed by atoms with Gasteiger partial charge in [-0.05, 0) is 18.9 Å². The van der Waals surface area contributed by atoms with Gasteiger partial charge in [-0.15, -0.1) is 0 Å². The van der Waals surface area contributed by atoms with Crippen molar-refractivity contribution in [3.05, 3.63) is 28.3 Å². The Balaban J connectivity index is 3.03. The highest BCUT2D eigenvalue weighted by Crippen LogP contribution is 2.29. The number of nitro benzene ring substituents is 1. The third kappa shape index (κ3) is 2.87. The summed E-state index contributed by atoms with van der Waals surface area (Å²) in [6, 6.07) is 4.90. The van der Waals surface area contributed by atoms with Crippen LogP contribution in [0, 0.1) is 16.0 Å². The van der Waals surface area contributed by atoms with E-state index in [9.17, 15) is 10.1 Å². The van der Waals surface area contributed by atoms with E-state index in [4.69, 9.17) is 5.73 Å².